The molecule has 5 amide bonds. The molecule has 0 radical (unpaired) electrons. The number of nitrogens with zero attached hydrogens (tertiary/aromatic N) is 1. The van der Waals surface area contributed by atoms with Gasteiger partial charge in [-0.25, -0.2) is 14.1 Å². The summed E-state index contributed by atoms with van der Waals surface area (Å²) in [4.78, 5) is 50.2. The third-order valence-corrected chi connectivity index (χ3v) is 4.92. The zero-order chi connectivity index (χ0) is 24.9. The van der Waals surface area contributed by atoms with E-state index in [4.69, 9.17) is 4.74 Å². The van der Waals surface area contributed by atoms with Gasteiger partial charge in [-0.05, 0) is 60.2 Å². The lowest BCUT2D eigenvalue weighted by molar-refractivity contribution is -0.122. The highest BCUT2D eigenvalue weighted by Gasteiger charge is 2.36. The van der Waals surface area contributed by atoms with Crippen LogP contribution in [0.2, 0.25) is 0 Å². The molecule has 9 nitrogen and oxygen atoms in total. The number of rotatable bonds is 6. The molecule has 0 aromatic heterocycles. The van der Waals surface area contributed by atoms with Crippen molar-refractivity contribution in [3.8, 4) is 11.5 Å². The van der Waals surface area contributed by atoms with E-state index in [-0.39, 0.29) is 29.3 Å². The van der Waals surface area contributed by atoms with Crippen molar-refractivity contribution in [2.75, 3.05) is 16.8 Å². The first-order valence-corrected chi connectivity index (χ1v) is 10.3. The number of amides is 5. The number of imide groups is 2. The smallest absolute Gasteiger partial charge is 0.335 e. The van der Waals surface area contributed by atoms with Crippen molar-refractivity contribution in [3.05, 3.63) is 89.8 Å². The van der Waals surface area contributed by atoms with Gasteiger partial charge < -0.3 is 15.2 Å². The van der Waals surface area contributed by atoms with Crippen LogP contribution in [0.15, 0.2) is 78.4 Å². The molecule has 0 saturated carbocycles. The van der Waals surface area contributed by atoms with Gasteiger partial charge in [0.05, 0.1) is 11.4 Å². The van der Waals surface area contributed by atoms with Crippen LogP contribution in [0.3, 0.4) is 0 Å². The second-order valence-electron chi connectivity index (χ2n) is 7.36. The first-order valence-electron chi connectivity index (χ1n) is 10.3. The Balaban J connectivity index is 1.43. The number of para-hydroxylation sites is 1. The lowest BCUT2D eigenvalue weighted by Gasteiger charge is -2.26. The van der Waals surface area contributed by atoms with Crippen LogP contribution in [0.5, 0.6) is 11.5 Å². The predicted molar refractivity (Wildman–Crippen MR) is 124 cm³/mol. The second kappa shape index (κ2) is 9.87. The molecule has 4 rings (SSSR count). The zero-order valence-corrected chi connectivity index (χ0v) is 18.0. The number of barbiturate groups is 1. The van der Waals surface area contributed by atoms with Gasteiger partial charge in [-0.3, -0.25) is 19.7 Å². The number of phenols is 1. The SMILES string of the molecule is O=C(COc1ccc(C=C2C(=O)NC(=O)N(c3ccc(O)cc3)C2=O)cc1)Nc1ccccc1F. The highest BCUT2D eigenvalue weighted by Crippen LogP contribution is 2.24. The van der Waals surface area contributed by atoms with E-state index in [1.165, 1.54) is 60.7 Å². The summed E-state index contributed by atoms with van der Waals surface area (Å²) in [7, 11) is 0. The fourth-order valence-electron chi connectivity index (χ4n) is 3.22. The van der Waals surface area contributed by atoms with E-state index in [0.29, 0.717) is 11.3 Å². The molecule has 1 fully saturated rings. The summed E-state index contributed by atoms with van der Waals surface area (Å²) in [6.45, 7) is -0.362. The van der Waals surface area contributed by atoms with Gasteiger partial charge in [0.2, 0.25) is 0 Å². The number of nitrogens with one attached hydrogen (secondary N) is 2. The van der Waals surface area contributed by atoms with Gasteiger partial charge in [-0.15, -0.1) is 0 Å². The lowest BCUT2D eigenvalue weighted by Crippen LogP contribution is -2.54. The number of carbonyl (C=O) groups excluding carboxylic acids is 4. The van der Waals surface area contributed by atoms with E-state index in [0.717, 1.165) is 4.90 Å². The molecule has 0 aliphatic carbocycles. The quantitative estimate of drug-likeness (QED) is 0.371. The van der Waals surface area contributed by atoms with Crippen LogP contribution < -0.4 is 20.3 Å². The van der Waals surface area contributed by atoms with Crippen LogP contribution in [0.25, 0.3) is 6.08 Å². The summed E-state index contributed by atoms with van der Waals surface area (Å²) in [6, 6.07) is 16.4. The minimum Gasteiger partial charge on any atom is -0.508 e. The lowest BCUT2D eigenvalue weighted by atomic mass is 10.1. The molecule has 176 valence electrons. The number of carbonyl (C=O) groups is 4. The summed E-state index contributed by atoms with van der Waals surface area (Å²) >= 11 is 0. The Bertz CT molecular complexity index is 1340. The van der Waals surface area contributed by atoms with E-state index in [2.05, 4.69) is 10.6 Å². The van der Waals surface area contributed by atoms with Gasteiger partial charge in [0, 0.05) is 0 Å². The molecule has 1 heterocycles. The Kier molecular flexibility index (Phi) is 6.54. The first kappa shape index (κ1) is 23.2. The summed E-state index contributed by atoms with van der Waals surface area (Å²) in [5.41, 5.74) is 0.418. The average Bonchev–Trinajstić information content (AvgIpc) is 2.84. The van der Waals surface area contributed by atoms with Crippen LogP contribution >= 0.6 is 0 Å². The maximum Gasteiger partial charge on any atom is 0.335 e. The van der Waals surface area contributed by atoms with Crippen molar-refractivity contribution in [3.63, 3.8) is 0 Å². The maximum absolute atomic E-state index is 13.6. The number of hydrogen-bond acceptors (Lipinski definition) is 6. The summed E-state index contributed by atoms with van der Waals surface area (Å²) in [6.07, 6.45) is 1.31. The number of ether oxygens (including phenoxy) is 1. The molecule has 10 heteroatoms. The fraction of sp³-hybridized carbons (Fsp3) is 0.0400. The number of aromatic hydroxyl groups is 1. The first-order chi connectivity index (χ1) is 16.8. The van der Waals surface area contributed by atoms with E-state index in [1.807, 2.05) is 0 Å². The van der Waals surface area contributed by atoms with Crippen molar-refractivity contribution >= 4 is 41.2 Å². The van der Waals surface area contributed by atoms with Gasteiger partial charge in [0.1, 0.15) is 22.9 Å². The molecule has 1 saturated heterocycles. The van der Waals surface area contributed by atoms with Crippen molar-refractivity contribution in [1.29, 1.82) is 0 Å². The molecule has 3 N–H and O–H groups in total. The van der Waals surface area contributed by atoms with Crippen LogP contribution in [0.1, 0.15) is 5.56 Å². The molecule has 3 aromatic carbocycles. The van der Waals surface area contributed by atoms with E-state index in [9.17, 15) is 28.7 Å². The van der Waals surface area contributed by atoms with Crippen LogP contribution in [-0.4, -0.2) is 35.5 Å². The molecular formula is C25H18FN3O6. The number of benzene rings is 3. The fourth-order valence-corrected chi connectivity index (χ4v) is 3.22. The van der Waals surface area contributed by atoms with Crippen LogP contribution in [-0.2, 0) is 14.4 Å². The van der Waals surface area contributed by atoms with Gasteiger partial charge >= 0.3 is 6.03 Å². The van der Waals surface area contributed by atoms with Gasteiger partial charge in [-0.1, -0.05) is 24.3 Å². The number of anilines is 2. The second-order valence-corrected chi connectivity index (χ2v) is 7.36. The summed E-state index contributed by atoms with van der Waals surface area (Å²) < 4.78 is 19.0. The van der Waals surface area contributed by atoms with Gasteiger partial charge in [-0.2, -0.15) is 0 Å². The minimum absolute atomic E-state index is 0.0401. The predicted octanol–water partition coefficient (Wildman–Crippen LogP) is 3.22. The Labute approximate surface area is 198 Å². The molecule has 1 aliphatic rings. The molecule has 0 spiro atoms. The number of urea groups is 1. The average molecular weight is 475 g/mol. The van der Waals surface area contributed by atoms with Crippen LogP contribution in [0, 0.1) is 5.82 Å². The Hall–Kier alpha value is -4.99. The van der Waals surface area contributed by atoms with Crippen LogP contribution in [0.4, 0.5) is 20.6 Å². The Morgan fingerprint density at radius 3 is 2.37 bits per heavy atom. The summed E-state index contributed by atoms with van der Waals surface area (Å²) in [5, 5.41) is 13.9. The largest absolute Gasteiger partial charge is 0.508 e. The normalized spacial score (nSPS) is 14.6. The highest BCUT2D eigenvalue weighted by molar-refractivity contribution is 6.39. The maximum atomic E-state index is 13.6. The minimum atomic E-state index is -0.903. The van der Waals surface area contributed by atoms with Gasteiger partial charge in [0.15, 0.2) is 6.61 Å². The van der Waals surface area contributed by atoms with E-state index >= 15 is 0 Å². The summed E-state index contributed by atoms with van der Waals surface area (Å²) in [5.74, 6) is -2.50. The third kappa shape index (κ3) is 5.33. The standard InChI is InChI=1S/C25H18FN3O6/c26-20-3-1-2-4-21(20)27-22(31)14-35-18-11-5-15(6-12-18)13-19-23(32)28-25(34)29(24(19)33)16-7-9-17(30)10-8-16/h1-13,30H,14H2,(H,27,31)(H,28,32,34). The van der Waals surface area contributed by atoms with E-state index < -0.39 is 29.6 Å². The molecule has 0 atom stereocenters. The zero-order valence-electron chi connectivity index (χ0n) is 18.0. The molecule has 1 aliphatic heterocycles. The van der Waals surface area contributed by atoms with Crippen molar-refractivity contribution in [2.24, 2.45) is 0 Å². The number of hydrogen-bond donors (Lipinski definition) is 3. The number of halogens is 1. The topological polar surface area (TPSA) is 125 Å². The van der Waals surface area contributed by atoms with Crippen molar-refractivity contribution in [1.82, 2.24) is 5.32 Å². The van der Waals surface area contributed by atoms with E-state index in [1.54, 1.807) is 18.2 Å². The van der Waals surface area contributed by atoms with Crippen molar-refractivity contribution < 1.29 is 33.4 Å². The molecule has 0 bridgehead atoms. The monoisotopic (exact) mass is 475 g/mol. The number of phenolic OH excluding ortho intramolecular Hbond substituents is 1. The van der Waals surface area contributed by atoms with Crippen molar-refractivity contribution in [2.45, 2.75) is 0 Å². The Morgan fingerprint density at radius 2 is 1.69 bits per heavy atom. The Morgan fingerprint density at radius 1 is 1.00 bits per heavy atom. The highest BCUT2D eigenvalue weighted by atomic mass is 19.1. The third-order valence-electron chi connectivity index (χ3n) is 4.92. The molecule has 35 heavy (non-hydrogen) atoms. The molecule has 0 unspecified atom stereocenters. The molecular weight excluding hydrogens is 457 g/mol. The molecule has 3 aromatic rings. The van der Waals surface area contributed by atoms with Gasteiger partial charge in [0.25, 0.3) is 17.7 Å².